The summed E-state index contributed by atoms with van der Waals surface area (Å²) in [7, 11) is 0. The molecule has 1 spiro atoms. The minimum Gasteiger partial charge on any atom is -0.462 e. The maximum Gasteiger partial charge on any atom is 0.341 e. The largest absolute Gasteiger partial charge is 0.462 e. The van der Waals surface area contributed by atoms with E-state index < -0.39 is 41.8 Å². The Labute approximate surface area is 199 Å². The molecular weight excluding hydrogens is 460 g/mol. The van der Waals surface area contributed by atoms with Crippen molar-refractivity contribution in [3.05, 3.63) is 51.4 Å². The number of carbonyl (C=O) groups is 5. The maximum atomic E-state index is 13.2. The fourth-order valence-corrected chi connectivity index (χ4v) is 5.50. The van der Waals surface area contributed by atoms with Crippen molar-refractivity contribution in [2.75, 3.05) is 18.5 Å². The molecule has 10 nitrogen and oxygen atoms in total. The second kappa shape index (κ2) is 8.90. The van der Waals surface area contributed by atoms with Crippen LogP contribution in [0.2, 0.25) is 0 Å². The number of nitrogens with one attached hydrogen (secondary N) is 2. The minimum absolute atomic E-state index is 0.0200. The van der Waals surface area contributed by atoms with Gasteiger partial charge in [-0.3, -0.25) is 19.3 Å². The number of anilines is 1. The molecule has 4 rings (SSSR count). The Hall–Kier alpha value is -3.73. The summed E-state index contributed by atoms with van der Waals surface area (Å²) < 4.78 is 5.03. The monoisotopic (exact) mass is 484 g/mol. The quantitative estimate of drug-likeness (QED) is 0.420. The lowest BCUT2D eigenvalue weighted by atomic mass is 9.78. The molecule has 1 aromatic carbocycles. The van der Waals surface area contributed by atoms with Crippen LogP contribution in [0.5, 0.6) is 0 Å². The number of nitrogens with two attached hydrogens (primary N) is 1. The van der Waals surface area contributed by atoms with Crippen LogP contribution in [0.1, 0.15) is 50.1 Å². The minimum atomic E-state index is -1.08. The number of hydrogen-bond acceptors (Lipinski definition) is 7. The van der Waals surface area contributed by atoms with E-state index in [1.54, 1.807) is 6.92 Å². The van der Waals surface area contributed by atoms with Crippen LogP contribution in [0.4, 0.5) is 9.80 Å². The van der Waals surface area contributed by atoms with Crippen LogP contribution in [0.15, 0.2) is 24.3 Å². The molecule has 2 heterocycles. The summed E-state index contributed by atoms with van der Waals surface area (Å²) in [6.07, 6.45) is 1.42. The predicted octanol–water partition coefficient (Wildman–Crippen LogP) is 1.75. The number of nitrogens with zero attached hydrogens (tertiary/aromatic N) is 1. The number of ether oxygens (including phenoxy) is 1. The van der Waals surface area contributed by atoms with Crippen molar-refractivity contribution in [1.29, 1.82) is 0 Å². The summed E-state index contributed by atoms with van der Waals surface area (Å²) in [5, 5.41) is 5.39. The van der Waals surface area contributed by atoms with E-state index in [0.717, 1.165) is 27.4 Å². The lowest BCUT2D eigenvalue weighted by molar-refractivity contribution is -0.134. The Balaban J connectivity index is 1.52. The van der Waals surface area contributed by atoms with Gasteiger partial charge in [-0.25, -0.2) is 9.59 Å². The Morgan fingerprint density at radius 3 is 2.62 bits per heavy atom. The Bertz CT molecular complexity index is 1220. The normalized spacial score (nSPS) is 19.1. The number of hydrogen-bond donors (Lipinski definition) is 3. The number of thiophene rings is 1. The van der Waals surface area contributed by atoms with Crippen LogP contribution in [0.25, 0.3) is 0 Å². The molecule has 34 heavy (non-hydrogen) atoms. The summed E-state index contributed by atoms with van der Waals surface area (Å²) in [5.41, 5.74) is 6.74. The van der Waals surface area contributed by atoms with Crippen molar-refractivity contribution >= 4 is 46.1 Å². The molecule has 11 heteroatoms. The third-order valence-electron chi connectivity index (χ3n) is 6.08. The fourth-order valence-electron chi connectivity index (χ4n) is 4.44. The Morgan fingerprint density at radius 2 is 1.94 bits per heavy atom. The van der Waals surface area contributed by atoms with Crippen molar-refractivity contribution in [1.82, 2.24) is 10.2 Å². The number of aryl methyl sites for hydroxylation is 1. The SMILES string of the molecule is CCOC(=O)c1c(NC(=O)CN2C(=O)N[C@@]3(CCc4ccccc4C3)C2=O)sc(C(N)=O)c1C. The highest BCUT2D eigenvalue weighted by Crippen LogP contribution is 2.35. The highest BCUT2D eigenvalue weighted by atomic mass is 32.1. The molecule has 2 aromatic rings. The molecular formula is C23H24N4O6S. The van der Waals surface area contributed by atoms with Gasteiger partial charge in [0, 0.05) is 6.42 Å². The molecule has 1 fully saturated rings. The Kier molecular flexibility index (Phi) is 6.13. The molecule has 0 bridgehead atoms. The second-order valence-electron chi connectivity index (χ2n) is 8.24. The van der Waals surface area contributed by atoms with Gasteiger partial charge in [-0.2, -0.15) is 0 Å². The fraction of sp³-hybridized carbons (Fsp3) is 0.348. The third kappa shape index (κ3) is 4.03. The van der Waals surface area contributed by atoms with E-state index in [-0.39, 0.29) is 22.0 Å². The van der Waals surface area contributed by atoms with E-state index in [1.807, 2.05) is 24.3 Å². The van der Waals surface area contributed by atoms with E-state index >= 15 is 0 Å². The zero-order valence-corrected chi connectivity index (χ0v) is 19.5. The number of imide groups is 1. The van der Waals surface area contributed by atoms with Gasteiger partial charge < -0.3 is 21.1 Å². The van der Waals surface area contributed by atoms with Crippen molar-refractivity contribution in [3.63, 3.8) is 0 Å². The van der Waals surface area contributed by atoms with E-state index in [4.69, 9.17) is 10.5 Å². The molecule has 1 aromatic heterocycles. The van der Waals surface area contributed by atoms with Crippen molar-refractivity contribution < 1.29 is 28.7 Å². The first-order chi connectivity index (χ1) is 16.2. The van der Waals surface area contributed by atoms with Crippen LogP contribution >= 0.6 is 11.3 Å². The molecule has 1 saturated heterocycles. The number of carbonyl (C=O) groups excluding carboxylic acids is 5. The number of esters is 1. The van der Waals surface area contributed by atoms with Gasteiger partial charge >= 0.3 is 12.0 Å². The summed E-state index contributed by atoms with van der Waals surface area (Å²) in [4.78, 5) is 63.8. The first-order valence-electron chi connectivity index (χ1n) is 10.8. The molecule has 0 unspecified atom stereocenters. The van der Waals surface area contributed by atoms with E-state index in [2.05, 4.69) is 10.6 Å². The molecule has 0 saturated carbocycles. The summed E-state index contributed by atoms with van der Waals surface area (Å²) in [5.74, 6) is -2.62. The van der Waals surface area contributed by atoms with Gasteiger partial charge in [0.15, 0.2) is 0 Å². The summed E-state index contributed by atoms with van der Waals surface area (Å²) in [6, 6.07) is 7.10. The molecule has 1 atom stereocenters. The first kappa shape index (κ1) is 23.4. The van der Waals surface area contributed by atoms with Gasteiger partial charge in [-0.05, 0) is 43.4 Å². The number of urea groups is 1. The standard InChI is InChI=1S/C23H24N4O6S/c1-3-33-20(30)16-12(2)17(18(24)29)34-19(16)25-15(28)11-27-21(31)23(26-22(27)32)9-8-13-6-4-5-7-14(13)10-23/h4-7H,3,8-11H2,1-2H3,(H2,24,29)(H,25,28)(H,26,32)/t23-/m1/s1. The van der Waals surface area contributed by atoms with Crippen LogP contribution in [0, 0.1) is 6.92 Å². The zero-order chi connectivity index (χ0) is 24.6. The molecule has 2 aliphatic rings. The topological polar surface area (TPSA) is 148 Å². The van der Waals surface area contributed by atoms with Gasteiger partial charge in [0.1, 0.15) is 17.1 Å². The van der Waals surface area contributed by atoms with Crippen LogP contribution in [-0.4, -0.2) is 53.3 Å². The van der Waals surface area contributed by atoms with Crippen LogP contribution < -0.4 is 16.4 Å². The lowest BCUT2D eigenvalue weighted by Gasteiger charge is -2.32. The predicted molar refractivity (Wildman–Crippen MR) is 124 cm³/mol. The van der Waals surface area contributed by atoms with Gasteiger partial charge in [-0.1, -0.05) is 24.3 Å². The van der Waals surface area contributed by atoms with Crippen LogP contribution in [-0.2, 0) is 27.2 Å². The average Bonchev–Trinajstić information content (AvgIpc) is 3.22. The smallest absolute Gasteiger partial charge is 0.341 e. The third-order valence-corrected chi connectivity index (χ3v) is 7.30. The van der Waals surface area contributed by atoms with Gasteiger partial charge in [0.2, 0.25) is 5.91 Å². The number of benzene rings is 1. The summed E-state index contributed by atoms with van der Waals surface area (Å²) in [6.45, 7) is 2.71. The molecule has 1 aliphatic carbocycles. The van der Waals surface area contributed by atoms with Gasteiger partial charge in [0.25, 0.3) is 11.8 Å². The zero-order valence-electron chi connectivity index (χ0n) is 18.7. The average molecular weight is 485 g/mol. The molecule has 1 aliphatic heterocycles. The van der Waals surface area contributed by atoms with E-state index in [9.17, 15) is 24.0 Å². The number of primary amides is 1. The van der Waals surface area contributed by atoms with E-state index in [1.165, 1.54) is 6.92 Å². The second-order valence-corrected chi connectivity index (χ2v) is 9.26. The lowest BCUT2D eigenvalue weighted by Crippen LogP contribution is -2.51. The number of rotatable bonds is 6. The van der Waals surface area contributed by atoms with E-state index in [0.29, 0.717) is 24.8 Å². The highest BCUT2D eigenvalue weighted by molar-refractivity contribution is 7.18. The maximum absolute atomic E-state index is 13.2. The molecule has 5 amide bonds. The Morgan fingerprint density at radius 1 is 1.24 bits per heavy atom. The first-order valence-corrected chi connectivity index (χ1v) is 11.6. The number of fused-ring (bicyclic) bond motifs is 1. The highest BCUT2D eigenvalue weighted by Gasteiger charge is 2.52. The van der Waals surface area contributed by atoms with Crippen LogP contribution in [0.3, 0.4) is 0 Å². The molecule has 178 valence electrons. The van der Waals surface area contributed by atoms with Crippen molar-refractivity contribution in [2.45, 2.75) is 38.6 Å². The number of amides is 5. The molecule has 4 N–H and O–H groups in total. The summed E-state index contributed by atoms with van der Waals surface area (Å²) >= 11 is 0.839. The van der Waals surface area contributed by atoms with Crippen molar-refractivity contribution in [3.8, 4) is 0 Å². The van der Waals surface area contributed by atoms with Crippen molar-refractivity contribution in [2.24, 2.45) is 5.73 Å². The van der Waals surface area contributed by atoms with Gasteiger partial charge in [-0.15, -0.1) is 11.3 Å². The van der Waals surface area contributed by atoms with Gasteiger partial charge in [0.05, 0.1) is 17.0 Å². The molecule has 0 radical (unpaired) electrons.